The molecule has 0 saturated heterocycles. The third-order valence-electron chi connectivity index (χ3n) is 3.97. The number of pyridine rings is 2. The van der Waals surface area contributed by atoms with Crippen LogP contribution in [0, 0.1) is 0 Å². The van der Waals surface area contributed by atoms with Crippen molar-refractivity contribution in [3.8, 4) is 0 Å². The van der Waals surface area contributed by atoms with E-state index in [2.05, 4.69) is 30.1 Å². The summed E-state index contributed by atoms with van der Waals surface area (Å²) in [5.74, 6) is 1.30. The zero-order valence-corrected chi connectivity index (χ0v) is 16.4. The second-order valence-electron chi connectivity index (χ2n) is 6.08. The van der Waals surface area contributed by atoms with Crippen molar-refractivity contribution in [2.24, 2.45) is 10.2 Å². The second-order valence-corrected chi connectivity index (χ2v) is 6.08. The molecule has 28 heavy (non-hydrogen) atoms. The standard InChI is InChI=1S/C20H22N8/c1-15(17-9-5-7-11-21-17)25-27(3)19-13-20(24-14-23-19)28(4)26-16(2)18-10-6-8-12-22-18/h5-14H,1-4H3/b25-15+,26-16+. The van der Waals surface area contributed by atoms with Crippen molar-refractivity contribution >= 4 is 23.1 Å². The first-order chi connectivity index (χ1) is 13.5. The maximum absolute atomic E-state index is 4.56. The summed E-state index contributed by atoms with van der Waals surface area (Å²) in [6, 6.07) is 13.3. The summed E-state index contributed by atoms with van der Waals surface area (Å²) in [4.78, 5) is 17.2. The summed E-state index contributed by atoms with van der Waals surface area (Å²) in [6.07, 6.45) is 4.98. The lowest BCUT2D eigenvalue weighted by molar-refractivity contribution is 0.924. The smallest absolute Gasteiger partial charge is 0.154 e. The van der Waals surface area contributed by atoms with E-state index in [1.807, 2.05) is 70.4 Å². The molecule has 0 atom stereocenters. The largest absolute Gasteiger partial charge is 0.255 e. The molecule has 0 amide bonds. The minimum atomic E-state index is 0.651. The Bertz CT molecular complexity index is 893. The van der Waals surface area contributed by atoms with Crippen molar-refractivity contribution in [1.82, 2.24) is 19.9 Å². The Labute approximate surface area is 164 Å². The Balaban J connectivity index is 1.80. The fourth-order valence-electron chi connectivity index (χ4n) is 2.50. The number of rotatable bonds is 6. The predicted molar refractivity (Wildman–Crippen MR) is 112 cm³/mol. The Hall–Kier alpha value is -3.68. The van der Waals surface area contributed by atoms with E-state index in [0.29, 0.717) is 11.6 Å². The van der Waals surface area contributed by atoms with Gasteiger partial charge in [-0.05, 0) is 38.1 Å². The molecule has 0 saturated carbocycles. The molecule has 0 aliphatic carbocycles. The van der Waals surface area contributed by atoms with E-state index < -0.39 is 0 Å². The molecule has 0 N–H and O–H groups in total. The SMILES string of the molecule is C/C(=N\N(C)c1cc(N(C)/N=C(\C)c2ccccn2)ncn1)c1ccccn1. The molecule has 3 aromatic heterocycles. The number of aromatic nitrogens is 4. The van der Waals surface area contributed by atoms with Gasteiger partial charge in [-0.3, -0.25) is 20.0 Å². The Kier molecular flexibility index (Phi) is 6.01. The van der Waals surface area contributed by atoms with Crippen LogP contribution in [0.4, 0.5) is 11.6 Å². The lowest BCUT2D eigenvalue weighted by Crippen LogP contribution is -2.17. The molecule has 3 rings (SSSR count). The van der Waals surface area contributed by atoms with Gasteiger partial charge in [-0.2, -0.15) is 10.2 Å². The van der Waals surface area contributed by atoms with Gasteiger partial charge in [0.15, 0.2) is 11.6 Å². The van der Waals surface area contributed by atoms with Crippen molar-refractivity contribution in [3.05, 3.63) is 72.6 Å². The number of hydrazone groups is 2. The second kappa shape index (κ2) is 8.81. The highest BCUT2D eigenvalue weighted by molar-refractivity contribution is 5.97. The molecule has 3 heterocycles. The van der Waals surface area contributed by atoms with E-state index in [-0.39, 0.29) is 0 Å². The molecule has 0 aliphatic rings. The summed E-state index contributed by atoms with van der Waals surface area (Å²) in [7, 11) is 3.67. The van der Waals surface area contributed by atoms with Crippen LogP contribution in [0.25, 0.3) is 0 Å². The Morgan fingerprint density at radius 3 is 1.57 bits per heavy atom. The predicted octanol–water partition coefficient (Wildman–Crippen LogP) is 2.99. The molecule has 0 aliphatic heterocycles. The van der Waals surface area contributed by atoms with Crippen LogP contribution in [0.3, 0.4) is 0 Å². The van der Waals surface area contributed by atoms with Crippen LogP contribution in [0.1, 0.15) is 25.2 Å². The summed E-state index contributed by atoms with van der Waals surface area (Å²) in [5.41, 5.74) is 3.22. The topological polar surface area (TPSA) is 82.8 Å². The van der Waals surface area contributed by atoms with E-state index in [4.69, 9.17) is 0 Å². The Morgan fingerprint density at radius 1 is 0.714 bits per heavy atom. The first-order valence-corrected chi connectivity index (χ1v) is 8.77. The van der Waals surface area contributed by atoms with Gasteiger partial charge in [0.1, 0.15) is 6.33 Å². The minimum Gasteiger partial charge on any atom is -0.255 e. The van der Waals surface area contributed by atoms with Gasteiger partial charge in [-0.25, -0.2) is 9.97 Å². The third kappa shape index (κ3) is 4.73. The molecule has 0 unspecified atom stereocenters. The maximum Gasteiger partial charge on any atom is 0.154 e. The van der Waals surface area contributed by atoms with E-state index in [1.165, 1.54) is 6.33 Å². The summed E-state index contributed by atoms with van der Waals surface area (Å²) >= 11 is 0. The van der Waals surface area contributed by atoms with E-state index in [1.54, 1.807) is 22.4 Å². The number of nitrogens with zero attached hydrogens (tertiary/aromatic N) is 8. The highest BCUT2D eigenvalue weighted by atomic mass is 15.5. The molecule has 0 radical (unpaired) electrons. The highest BCUT2D eigenvalue weighted by Gasteiger charge is 2.09. The van der Waals surface area contributed by atoms with Crippen LogP contribution in [0.2, 0.25) is 0 Å². The van der Waals surface area contributed by atoms with Crippen molar-refractivity contribution < 1.29 is 0 Å². The molecule has 0 fully saturated rings. The highest BCUT2D eigenvalue weighted by Crippen LogP contribution is 2.17. The molecule has 0 aromatic carbocycles. The van der Waals surface area contributed by atoms with E-state index in [0.717, 1.165) is 22.8 Å². The van der Waals surface area contributed by atoms with Crippen molar-refractivity contribution in [2.45, 2.75) is 13.8 Å². The van der Waals surface area contributed by atoms with Gasteiger partial charge in [0.05, 0.1) is 22.8 Å². The van der Waals surface area contributed by atoms with Gasteiger partial charge in [0, 0.05) is 32.6 Å². The monoisotopic (exact) mass is 374 g/mol. The van der Waals surface area contributed by atoms with Gasteiger partial charge >= 0.3 is 0 Å². The third-order valence-corrected chi connectivity index (χ3v) is 3.97. The molecular formula is C20H22N8. The van der Waals surface area contributed by atoms with Gasteiger partial charge in [-0.15, -0.1) is 0 Å². The molecule has 0 spiro atoms. The summed E-state index contributed by atoms with van der Waals surface area (Å²) in [5, 5.41) is 12.5. The van der Waals surface area contributed by atoms with Crippen LogP contribution in [0.5, 0.6) is 0 Å². The first-order valence-electron chi connectivity index (χ1n) is 8.77. The molecular weight excluding hydrogens is 352 g/mol. The van der Waals surface area contributed by atoms with Crippen molar-refractivity contribution in [1.29, 1.82) is 0 Å². The molecule has 3 aromatic rings. The molecule has 142 valence electrons. The lowest BCUT2D eigenvalue weighted by Gasteiger charge is -2.17. The van der Waals surface area contributed by atoms with E-state index >= 15 is 0 Å². The number of hydrogen-bond acceptors (Lipinski definition) is 8. The average molecular weight is 374 g/mol. The van der Waals surface area contributed by atoms with Crippen LogP contribution < -0.4 is 10.0 Å². The van der Waals surface area contributed by atoms with Crippen LogP contribution >= 0.6 is 0 Å². The number of hydrogen-bond donors (Lipinski definition) is 0. The van der Waals surface area contributed by atoms with Crippen LogP contribution in [0.15, 0.2) is 71.4 Å². The zero-order chi connectivity index (χ0) is 19.9. The van der Waals surface area contributed by atoms with E-state index in [9.17, 15) is 0 Å². The molecule has 8 heteroatoms. The first kappa shape index (κ1) is 19.1. The summed E-state index contributed by atoms with van der Waals surface area (Å²) in [6.45, 7) is 3.82. The minimum absolute atomic E-state index is 0.651. The van der Waals surface area contributed by atoms with Gasteiger partial charge < -0.3 is 0 Å². The van der Waals surface area contributed by atoms with Crippen molar-refractivity contribution in [2.75, 3.05) is 24.1 Å². The zero-order valence-electron chi connectivity index (χ0n) is 16.4. The van der Waals surface area contributed by atoms with Crippen LogP contribution in [-0.4, -0.2) is 45.5 Å². The van der Waals surface area contributed by atoms with Gasteiger partial charge in [0.25, 0.3) is 0 Å². The quantitative estimate of drug-likeness (QED) is 0.487. The fraction of sp³-hybridized carbons (Fsp3) is 0.200. The van der Waals surface area contributed by atoms with Gasteiger partial charge in [-0.1, -0.05) is 12.1 Å². The Morgan fingerprint density at radius 2 is 1.18 bits per heavy atom. The summed E-state index contributed by atoms with van der Waals surface area (Å²) < 4.78 is 0. The van der Waals surface area contributed by atoms with Gasteiger partial charge in [0.2, 0.25) is 0 Å². The molecule has 8 nitrogen and oxygen atoms in total. The maximum atomic E-state index is 4.56. The average Bonchev–Trinajstić information content (AvgIpc) is 2.75. The normalized spacial score (nSPS) is 12.0. The lowest BCUT2D eigenvalue weighted by atomic mass is 10.3. The fourth-order valence-corrected chi connectivity index (χ4v) is 2.50. The number of anilines is 2. The van der Waals surface area contributed by atoms with Crippen LogP contribution in [-0.2, 0) is 0 Å². The van der Waals surface area contributed by atoms with Crippen molar-refractivity contribution in [3.63, 3.8) is 0 Å². The molecule has 0 bridgehead atoms.